The maximum absolute atomic E-state index is 11.1. The zero-order valence-electron chi connectivity index (χ0n) is 10.8. The molecule has 18 heavy (non-hydrogen) atoms. The minimum Gasteiger partial charge on any atom is -0.333 e. The molecule has 5 heteroatoms. The largest absolute Gasteiger partial charge is 0.333 e. The zero-order valence-corrected chi connectivity index (χ0v) is 11.6. The van der Waals surface area contributed by atoms with Crippen LogP contribution >= 0.6 is 11.3 Å². The lowest BCUT2D eigenvalue weighted by Crippen LogP contribution is -2.27. The smallest absolute Gasteiger partial charge is 0.243 e. The maximum atomic E-state index is 11.1. The van der Waals surface area contributed by atoms with E-state index in [2.05, 4.69) is 5.73 Å². The summed E-state index contributed by atoms with van der Waals surface area (Å²) in [5, 5.41) is 11.5. The summed E-state index contributed by atoms with van der Waals surface area (Å²) < 4.78 is 1.17. The van der Waals surface area contributed by atoms with Gasteiger partial charge in [0.25, 0.3) is 0 Å². The van der Waals surface area contributed by atoms with Crippen molar-refractivity contribution in [3.8, 4) is 0 Å². The van der Waals surface area contributed by atoms with Crippen molar-refractivity contribution >= 4 is 27.3 Å². The first kappa shape index (κ1) is 14.6. The molecule has 1 heterocycles. The quantitative estimate of drug-likeness (QED) is 0.649. The fourth-order valence-corrected chi connectivity index (χ4v) is 2.70. The van der Waals surface area contributed by atoms with Crippen LogP contribution in [0.15, 0.2) is 30.3 Å². The predicted octanol–water partition coefficient (Wildman–Crippen LogP) is 2.77. The molecular weight excluding hydrogens is 248 g/mol. The number of nitrogens with zero attached hydrogens (tertiary/aromatic N) is 1. The van der Waals surface area contributed by atoms with E-state index in [0.29, 0.717) is 0 Å². The molecule has 0 aliphatic carbocycles. The minimum absolute atomic E-state index is 0.296. The Morgan fingerprint density at radius 1 is 1.39 bits per heavy atom. The van der Waals surface area contributed by atoms with Crippen LogP contribution in [0.25, 0.3) is 10.1 Å². The molecule has 1 aromatic heterocycles. The van der Waals surface area contributed by atoms with Crippen molar-refractivity contribution < 1.29 is 10.0 Å². The van der Waals surface area contributed by atoms with E-state index in [0.717, 1.165) is 15.3 Å². The molecule has 0 radical (unpaired) electrons. The second-order valence-corrected chi connectivity index (χ2v) is 4.84. The van der Waals surface area contributed by atoms with Crippen molar-refractivity contribution in [3.05, 3.63) is 35.2 Å². The molecular formula is C13H18N2O2S. The van der Waals surface area contributed by atoms with Crippen molar-refractivity contribution in [2.75, 3.05) is 7.05 Å². The molecule has 0 bridgehead atoms. The highest BCUT2D eigenvalue weighted by Crippen LogP contribution is 2.31. The molecule has 0 aliphatic rings. The molecule has 0 spiro atoms. The Labute approximate surface area is 111 Å². The zero-order chi connectivity index (χ0) is 13.7. The Kier molecular flexibility index (Phi) is 5.27. The van der Waals surface area contributed by atoms with E-state index < -0.39 is 0 Å². The van der Waals surface area contributed by atoms with Gasteiger partial charge in [0.05, 0.1) is 6.04 Å². The van der Waals surface area contributed by atoms with Crippen molar-refractivity contribution in [1.29, 1.82) is 0 Å². The Hall–Kier alpha value is -1.43. The van der Waals surface area contributed by atoms with Gasteiger partial charge in [0.2, 0.25) is 5.91 Å². The summed E-state index contributed by atoms with van der Waals surface area (Å²) in [5.41, 5.74) is 4.50. The maximum Gasteiger partial charge on any atom is 0.243 e. The lowest BCUT2D eigenvalue weighted by molar-refractivity contribution is -0.172. The first-order valence-corrected chi connectivity index (χ1v) is 6.46. The molecule has 1 atom stereocenters. The number of benzene rings is 1. The van der Waals surface area contributed by atoms with Crippen LogP contribution in [0.4, 0.5) is 0 Å². The van der Waals surface area contributed by atoms with Crippen LogP contribution in [0.2, 0.25) is 0 Å². The third-order valence-corrected chi connectivity index (χ3v) is 3.83. The topological polar surface area (TPSA) is 66.6 Å². The van der Waals surface area contributed by atoms with Gasteiger partial charge in [-0.25, -0.2) is 5.06 Å². The Bertz CT molecular complexity index is 491. The molecule has 0 aliphatic heterocycles. The normalized spacial score (nSPS) is 11.6. The van der Waals surface area contributed by atoms with Gasteiger partial charge in [-0.1, -0.05) is 18.2 Å². The van der Waals surface area contributed by atoms with Crippen LogP contribution in [0.1, 0.15) is 24.8 Å². The lowest BCUT2D eigenvalue weighted by atomic mass is 10.2. The van der Waals surface area contributed by atoms with Crippen LogP contribution in [0, 0.1) is 0 Å². The Balaban J connectivity index is 0.000000771. The van der Waals surface area contributed by atoms with E-state index in [9.17, 15) is 10.0 Å². The molecule has 0 saturated carbocycles. The van der Waals surface area contributed by atoms with Gasteiger partial charge in [-0.2, -0.15) is 0 Å². The number of carbonyl (C=O) groups excluding carboxylic acids is 1. The number of amides is 1. The number of nitrogens with two attached hydrogens (primary N) is 1. The Morgan fingerprint density at radius 2 is 2.00 bits per heavy atom. The second kappa shape index (κ2) is 6.49. The van der Waals surface area contributed by atoms with Crippen molar-refractivity contribution in [2.24, 2.45) is 5.73 Å². The third-order valence-electron chi connectivity index (χ3n) is 2.55. The molecule has 1 amide bonds. The van der Waals surface area contributed by atoms with E-state index >= 15 is 0 Å². The summed E-state index contributed by atoms with van der Waals surface area (Å²) >= 11 is 1.60. The number of hydrogen-bond acceptors (Lipinski definition) is 4. The highest BCUT2D eigenvalue weighted by Gasteiger charge is 2.18. The Morgan fingerprint density at radius 3 is 2.56 bits per heavy atom. The van der Waals surface area contributed by atoms with Crippen molar-refractivity contribution in [3.63, 3.8) is 0 Å². The van der Waals surface area contributed by atoms with Gasteiger partial charge in [-0.05, 0) is 31.5 Å². The summed E-state index contributed by atoms with van der Waals surface area (Å²) in [6, 6.07) is 9.73. The summed E-state index contributed by atoms with van der Waals surface area (Å²) in [4.78, 5) is 12.0. The summed E-state index contributed by atoms with van der Waals surface area (Å²) in [6.45, 7) is 3.16. The van der Waals surface area contributed by atoms with Crippen molar-refractivity contribution in [1.82, 2.24) is 5.06 Å². The average Bonchev–Trinajstić information content (AvgIpc) is 2.83. The van der Waals surface area contributed by atoms with Gasteiger partial charge in [-0.15, -0.1) is 11.3 Å². The number of rotatable bonds is 2. The van der Waals surface area contributed by atoms with Crippen LogP contribution in [0.3, 0.4) is 0 Å². The van der Waals surface area contributed by atoms with E-state index in [1.54, 1.807) is 11.3 Å². The fraction of sp³-hybridized carbons (Fsp3) is 0.308. The van der Waals surface area contributed by atoms with E-state index in [-0.39, 0.29) is 11.9 Å². The van der Waals surface area contributed by atoms with Gasteiger partial charge >= 0.3 is 0 Å². The number of thiophene rings is 1. The van der Waals surface area contributed by atoms with Crippen LogP contribution < -0.4 is 5.73 Å². The summed E-state index contributed by atoms with van der Waals surface area (Å²) in [6.07, 6.45) is 0. The van der Waals surface area contributed by atoms with E-state index in [4.69, 9.17) is 0 Å². The molecule has 1 aromatic carbocycles. The molecule has 0 fully saturated rings. The highest BCUT2D eigenvalue weighted by molar-refractivity contribution is 7.19. The fourth-order valence-electron chi connectivity index (χ4n) is 1.60. The number of carbonyl (C=O) groups is 1. The number of fused-ring (bicyclic) bond motifs is 1. The first-order valence-electron chi connectivity index (χ1n) is 5.64. The van der Waals surface area contributed by atoms with Crippen LogP contribution in [-0.4, -0.2) is 23.2 Å². The first-order chi connectivity index (χ1) is 8.59. The monoisotopic (exact) mass is 266 g/mol. The van der Waals surface area contributed by atoms with Crippen LogP contribution in [-0.2, 0) is 4.79 Å². The average molecular weight is 266 g/mol. The molecule has 98 valence electrons. The molecule has 1 unspecified atom stereocenters. The van der Waals surface area contributed by atoms with Crippen molar-refractivity contribution in [2.45, 2.75) is 19.9 Å². The van der Waals surface area contributed by atoms with Gasteiger partial charge < -0.3 is 5.73 Å². The van der Waals surface area contributed by atoms with E-state index in [1.807, 2.05) is 37.3 Å². The lowest BCUT2D eigenvalue weighted by Gasteiger charge is -2.19. The molecule has 3 N–H and O–H groups in total. The molecule has 2 rings (SSSR count). The SMILES string of the molecule is CC(=O)N(O)C(C)c1cc2ccccc2s1.CN. The number of hydroxylamine groups is 2. The molecule has 4 nitrogen and oxygen atoms in total. The van der Waals surface area contributed by atoms with Gasteiger partial charge in [0, 0.05) is 16.5 Å². The highest BCUT2D eigenvalue weighted by atomic mass is 32.1. The van der Waals surface area contributed by atoms with Gasteiger partial charge in [0.1, 0.15) is 0 Å². The molecule has 2 aromatic rings. The van der Waals surface area contributed by atoms with Crippen LogP contribution in [0.5, 0.6) is 0 Å². The summed E-state index contributed by atoms with van der Waals surface area (Å²) in [5.74, 6) is -0.343. The van der Waals surface area contributed by atoms with E-state index in [1.165, 1.54) is 18.7 Å². The number of hydrogen-bond donors (Lipinski definition) is 2. The summed E-state index contributed by atoms with van der Waals surface area (Å²) in [7, 11) is 1.50. The molecule has 0 saturated heterocycles. The van der Waals surface area contributed by atoms with Gasteiger partial charge in [0.15, 0.2) is 0 Å². The van der Waals surface area contributed by atoms with Gasteiger partial charge in [-0.3, -0.25) is 10.0 Å². The predicted molar refractivity (Wildman–Crippen MR) is 74.7 cm³/mol. The standard InChI is InChI=1S/C12H13NO2S.CH5N/c1-8(13(15)9(2)14)12-7-10-5-3-4-6-11(10)16-12;1-2/h3-8,15H,1-2H3;2H2,1H3. The second-order valence-electron chi connectivity index (χ2n) is 3.73. The minimum atomic E-state index is -0.343. The third kappa shape index (κ3) is 3.07.